The van der Waals surface area contributed by atoms with Crippen LogP contribution in [0.25, 0.3) is 22.0 Å². The van der Waals surface area contributed by atoms with Crippen LogP contribution in [0.3, 0.4) is 0 Å². The fourth-order valence-electron chi connectivity index (χ4n) is 5.16. The number of aliphatic hydroxyl groups is 1. The lowest BCUT2D eigenvalue weighted by Crippen LogP contribution is -2.55. The number of halogens is 1. The van der Waals surface area contributed by atoms with Crippen molar-refractivity contribution in [3.63, 3.8) is 0 Å². The Labute approximate surface area is 213 Å². The summed E-state index contributed by atoms with van der Waals surface area (Å²) in [7, 11) is 1.69. The second-order valence-corrected chi connectivity index (χ2v) is 9.41. The van der Waals surface area contributed by atoms with Gasteiger partial charge in [0, 0.05) is 56.2 Å². The zero-order valence-electron chi connectivity index (χ0n) is 21.0. The zero-order valence-corrected chi connectivity index (χ0v) is 21.0. The highest BCUT2D eigenvalue weighted by Gasteiger charge is 2.28. The number of hydrogen-bond acceptors (Lipinski definition) is 6. The van der Waals surface area contributed by atoms with Gasteiger partial charge in [-0.25, -0.2) is 14.4 Å². The molecular formula is C27H29FN6O3. The summed E-state index contributed by atoms with van der Waals surface area (Å²) < 4.78 is 17.9. The van der Waals surface area contributed by atoms with Gasteiger partial charge >= 0.3 is 0 Å². The summed E-state index contributed by atoms with van der Waals surface area (Å²) in [5.41, 5.74) is 2.68. The molecule has 37 heavy (non-hydrogen) atoms. The molecule has 0 bridgehead atoms. The van der Waals surface area contributed by atoms with Crippen LogP contribution in [0.1, 0.15) is 25.5 Å². The Morgan fingerprint density at radius 3 is 2.54 bits per heavy atom. The fourth-order valence-corrected chi connectivity index (χ4v) is 5.16. The molecule has 1 N–H and O–H groups in total. The minimum atomic E-state index is -0.492. The van der Waals surface area contributed by atoms with E-state index < -0.39 is 12.6 Å². The molecule has 3 heterocycles. The van der Waals surface area contributed by atoms with Gasteiger partial charge < -0.3 is 14.9 Å². The smallest absolute Gasteiger partial charge is 0.274 e. The molecule has 0 spiro atoms. The Balaban J connectivity index is 1.45. The average Bonchev–Trinajstić information content (AvgIpc) is 3.17. The number of aromatic nitrogens is 4. The van der Waals surface area contributed by atoms with Crippen LogP contribution in [0.2, 0.25) is 0 Å². The van der Waals surface area contributed by atoms with Crippen LogP contribution in [0.4, 0.5) is 10.3 Å². The largest absolute Gasteiger partial charge is 0.387 e. The van der Waals surface area contributed by atoms with Gasteiger partial charge in [-0.1, -0.05) is 24.3 Å². The average molecular weight is 505 g/mol. The molecular weight excluding hydrogens is 475 g/mol. The van der Waals surface area contributed by atoms with Gasteiger partial charge in [0.2, 0.25) is 11.9 Å². The molecule has 1 aliphatic heterocycles. The second-order valence-electron chi connectivity index (χ2n) is 9.41. The Kier molecular flexibility index (Phi) is 6.51. The van der Waals surface area contributed by atoms with Crippen molar-refractivity contribution in [2.75, 3.05) is 31.1 Å². The molecule has 1 aliphatic rings. The summed E-state index contributed by atoms with van der Waals surface area (Å²) in [6.45, 7) is 4.96. The maximum absolute atomic E-state index is 14.6. The number of benzene rings is 2. The molecule has 5 rings (SSSR count). The van der Waals surface area contributed by atoms with Crippen molar-refractivity contribution in [1.82, 2.24) is 24.2 Å². The minimum absolute atomic E-state index is 0.0645. The number of piperazine rings is 1. The molecule has 2 aromatic carbocycles. The number of nitrogens with zero attached hydrogens (tertiary/aromatic N) is 6. The highest BCUT2D eigenvalue weighted by molar-refractivity contribution is 5.84. The van der Waals surface area contributed by atoms with Crippen LogP contribution in [-0.4, -0.2) is 67.5 Å². The van der Waals surface area contributed by atoms with Crippen molar-refractivity contribution in [2.45, 2.75) is 25.9 Å². The maximum Gasteiger partial charge on any atom is 0.274 e. The van der Waals surface area contributed by atoms with E-state index in [1.807, 2.05) is 35.6 Å². The van der Waals surface area contributed by atoms with Gasteiger partial charge in [-0.15, -0.1) is 0 Å². The topological polar surface area (TPSA) is 96.5 Å². The molecule has 2 atom stereocenters. The lowest BCUT2D eigenvalue weighted by atomic mass is 10.1. The van der Waals surface area contributed by atoms with Gasteiger partial charge in [-0.2, -0.15) is 0 Å². The standard InChI is InChI=1S/C27H29FN6O3/c1-17-15-32(10-11-33(17)25(36)16-35)27-29-13-20(14-30-27)19-8-9-22-24(12-19)34(31(3)26(22)37)18(2)21-6-4-5-7-23(21)28/h4-9,12-14,17-18,35H,10-11,15-16H2,1-3H3/t17-,18-/m1/s1. The third-order valence-electron chi connectivity index (χ3n) is 7.15. The Morgan fingerprint density at radius 2 is 1.86 bits per heavy atom. The first-order valence-electron chi connectivity index (χ1n) is 12.2. The zero-order chi connectivity index (χ0) is 26.3. The first-order chi connectivity index (χ1) is 17.8. The molecule has 0 saturated carbocycles. The maximum atomic E-state index is 14.6. The van der Waals surface area contributed by atoms with Crippen LogP contribution >= 0.6 is 0 Å². The van der Waals surface area contributed by atoms with Gasteiger partial charge in [0.15, 0.2) is 0 Å². The number of fused-ring (bicyclic) bond motifs is 1. The van der Waals surface area contributed by atoms with E-state index in [0.29, 0.717) is 42.0 Å². The lowest BCUT2D eigenvalue weighted by molar-refractivity contribution is -0.136. The van der Waals surface area contributed by atoms with Gasteiger partial charge in [-0.3, -0.25) is 19.0 Å². The predicted molar refractivity (Wildman–Crippen MR) is 139 cm³/mol. The third kappa shape index (κ3) is 4.37. The number of carbonyl (C=O) groups excluding carboxylic acids is 1. The lowest BCUT2D eigenvalue weighted by Gasteiger charge is -2.39. The number of aliphatic hydroxyl groups excluding tert-OH is 1. The summed E-state index contributed by atoms with van der Waals surface area (Å²) in [5.74, 6) is -0.0274. The predicted octanol–water partition coefficient (Wildman–Crippen LogP) is 2.57. The Morgan fingerprint density at radius 1 is 1.14 bits per heavy atom. The summed E-state index contributed by atoms with van der Waals surface area (Å²) in [6.07, 6.45) is 3.48. The number of amides is 1. The molecule has 1 amide bonds. The van der Waals surface area contributed by atoms with Crippen LogP contribution in [-0.2, 0) is 11.8 Å². The van der Waals surface area contributed by atoms with E-state index >= 15 is 0 Å². The van der Waals surface area contributed by atoms with E-state index in [-0.39, 0.29) is 23.3 Å². The molecule has 2 aromatic heterocycles. The van der Waals surface area contributed by atoms with E-state index in [9.17, 15) is 14.0 Å². The number of rotatable bonds is 5. The molecule has 0 unspecified atom stereocenters. The normalized spacial score (nSPS) is 16.8. The van der Waals surface area contributed by atoms with Crippen LogP contribution < -0.4 is 10.5 Å². The molecule has 192 valence electrons. The van der Waals surface area contributed by atoms with E-state index in [1.165, 1.54) is 10.7 Å². The fraction of sp³-hybridized carbons (Fsp3) is 0.333. The van der Waals surface area contributed by atoms with E-state index in [1.54, 1.807) is 48.6 Å². The quantitative estimate of drug-likeness (QED) is 0.449. The molecule has 4 aromatic rings. The van der Waals surface area contributed by atoms with E-state index in [0.717, 1.165) is 11.1 Å². The van der Waals surface area contributed by atoms with Crippen molar-refractivity contribution < 1.29 is 14.3 Å². The first-order valence-corrected chi connectivity index (χ1v) is 12.2. The highest BCUT2D eigenvalue weighted by Crippen LogP contribution is 2.28. The minimum Gasteiger partial charge on any atom is -0.387 e. The van der Waals surface area contributed by atoms with Gasteiger partial charge in [0.25, 0.3) is 5.56 Å². The molecule has 9 nitrogen and oxygen atoms in total. The molecule has 1 fully saturated rings. The molecule has 10 heteroatoms. The third-order valence-corrected chi connectivity index (χ3v) is 7.15. The SMILES string of the molecule is C[C@@H]1CN(c2ncc(-c3ccc4c(=O)n(C)n([C@H](C)c5ccccc5F)c4c3)cn2)CCN1C(=O)CO. The first kappa shape index (κ1) is 24.6. The number of anilines is 1. The van der Waals surface area contributed by atoms with Crippen molar-refractivity contribution in [3.05, 3.63) is 76.6 Å². The molecule has 0 radical (unpaired) electrons. The summed E-state index contributed by atoms with van der Waals surface area (Å²) >= 11 is 0. The van der Waals surface area contributed by atoms with E-state index in [2.05, 4.69) is 9.97 Å². The molecule has 1 saturated heterocycles. The van der Waals surface area contributed by atoms with Gasteiger partial charge in [-0.05, 0) is 37.6 Å². The highest BCUT2D eigenvalue weighted by atomic mass is 19.1. The Hall–Kier alpha value is -4.05. The summed E-state index contributed by atoms with van der Waals surface area (Å²) in [6, 6.07) is 11.7. The van der Waals surface area contributed by atoms with E-state index in [4.69, 9.17) is 5.11 Å². The van der Waals surface area contributed by atoms with Crippen molar-refractivity contribution in [2.24, 2.45) is 7.05 Å². The second kappa shape index (κ2) is 9.78. The van der Waals surface area contributed by atoms with Crippen molar-refractivity contribution >= 4 is 22.8 Å². The monoisotopic (exact) mass is 504 g/mol. The van der Waals surface area contributed by atoms with Crippen LogP contribution in [0.5, 0.6) is 0 Å². The number of hydrogen-bond donors (Lipinski definition) is 1. The summed E-state index contributed by atoms with van der Waals surface area (Å²) in [4.78, 5) is 37.6. The van der Waals surface area contributed by atoms with Gasteiger partial charge in [0.05, 0.1) is 16.9 Å². The van der Waals surface area contributed by atoms with Crippen LogP contribution in [0, 0.1) is 5.82 Å². The van der Waals surface area contributed by atoms with Gasteiger partial charge in [0.1, 0.15) is 12.4 Å². The van der Waals surface area contributed by atoms with Crippen molar-refractivity contribution in [3.8, 4) is 11.1 Å². The van der Waals surface area contributed by atoms with Crippen molar-refractivity contribution in [1.29, 1.82) is 0 Å². The summed E-state index contributed by atoms with van der Waals surface area (Å²) in [5, 5.41) is 9.71. The Bertz CT molecular complexity index is 1510. The number of carbonyl (C=O) groups is 1. The van der Waals surface area contributed by atoms with Crippen LogP contribution in [0.15, 0.2) is 59.7 Å². The molecule has 0 aliphatic carbocycles.